The summed E-state index contributed by atoms with van der Waals surface area (Å²) in [5, 5.41) is 18.4. The number of benzene rings is 3. The second-order valence-electron chi connectivity index (χ2n) is 7.69. The third-order valence-corrected chi connectivity index (χ3v) is 5.14. The molecule has 5 N–H and O–H groups in total. The Morgan fingerprint density at radius 3 is 2.12 bits per heavy atom. The van der Waals surface area contributed by atoms with Crippen molar-refractivity contribution >= 4 is 23.4 Å². The van der Waals surface area contributed by atoms with Crippen LogP contribution in [0.2, 0.25) is 0 Å². The Morgan fingerprint density at radius 1 is 0.941 bits per heavy atom. The smallest absolute Gasteiger partial charge is 0.331 e. The van der Waals surface area contributed by atoms with Gasteiger partial charge in [-0.1, -0.05) is 18.2 Å². The van der Waals surface area contributed by atoms with Crippen molar-refractivity contribution in [2.24, 2.45) is 0 Å². The van der Waals surface area contributed by atoms with Crippen LogP contribution in [-0.2, 0) is 11.2 Å². The van der Waals surface area contributed by atoms with Gasteiger partial charge in [-0.2, -0.15) is 5.26 Å². The van der Waals surface area contributed by atoms with Gasteiger partial charge in [0.2, 0.25) is 0 Å². The second-order valence-corrected chi connectivity index (χ2v) is 7.69. The summed E-state index contributed by atoms with van der Waals surface area (Å²) >= 11 is 0. The van der Waals surface area contributed by atoms with Crippen LogP contribution in [0.5, 0.6) is 11.5 Å². The van der Waals surface area contributed by atoms with Crippen LogP contribution in [-0.4, -0.2) is 24.3 Å². The highest BCUT2D eigenvalue weighted by molar-refractivity contribution is 5.92. The SMILES string of the molecule is N#Cc1ccc(OCCCOc2ccc(/C=C(\CCc3ccc(N)cc3N)C(=O)O)cc2)cc1. The largest absolute Gasteiger partial charge is 0.493 e. The van der Waals surface area contributed by atoms with E-state index in [9.17, 15) is 9.90 Å². The number of hydrogen-bond acceptors (Lipinski definition) is 6. The predicted molar refractivity (Wildman–Crippen MR) is 132 cm³/mol. The molecular formula is C27H27N3O4. The number of carboxylic acids is 1. The minimum Gasteiger partial charge on any atom is -0.493 e. The van der Waals surface area contributed by atoms with E-state index in [0.717, 1.165) is 11.1 Å². The number of anilines is 2. The van der Waals surface area contributed by atoms with E-state index in [0.29, 0.717) is 66.5 Å². The number of nitriles is 1. The van der Waals surface area contributed by atoms with Gasteiger partial charge in [0.1, 0.15) is 11.5 Å². The minimum atomic E-state index is -0.961. The Labute approximate surface area is 198 Å². The van der Waals surface area contributed by atoms with E-state index in [4.69, 9.17) is 26.2 Å². The third kappa shape index (κ3) is 7.31. The Morgan fingerprint density at radius 2 is 1.56 bits per heavy atom. The summed E-state index contributed by atoms with van der Waals surface area (Å²) in [4.78, 5) is 11.7. The van der Waals surface area contributed by atoms with Crippen LogP contribution in [0.15, 0.2) is 72.3 Å². The van der Waals surface area contributed by atoms with Crippen molar-refractivity contribution in [1.29, 1.82) is 5.26 Å². The lowest BCUT2D eigenvalue weighted by atomic mass is 10.0. The fraction of sp³-hybridized carbons (Fsp3) is 0.185. The molecule has 174 valence electrons. The zero-order valence-corrected chi connectivity index (χ0v) is 18.7. The molecule has 0 fully saturated rings. The van der Waals surface area contributed by atoms with Crippen molar-refractivity contribution in [2.75, 3.05) is 24.7 Å². The highest BCUT2D eigenvalue weighted by Crippen LogP contribution is 2.21. The molecule has 3 aromatic carbocycles. The van der Waals surface area contributed by atoms with Gasteiger partial charge in [-0.05, 0) is 78.6 Å². The van der Waals surface area contributed by atoms with Gasteiger partial charge in [0.05, 0.1) is 24.8 Å². The maximum Gasteiger partial charge on any atom is 0.331 e. The molecule has 0 aromatic heterocycles. The van der Waals surface area contributed by atoms with Crippen LogP contribution in [0, 0.1) is 11.3 Å². The molecule has 0 spiro atoms. The topological polar surface area (TPSA) is 132 Å². The molecule has 7 heteroatoms. The Balaban J connectivity index is 1.47. The molecular weight excluding hydrogens is 430 g/mol. The lowest BCUT2D eigenvalue weighted by Gasteiger charge is -2.09. The molecule has 34 heavy (non-hydrogen) atoms. The first-order valence-corrected chi connectivity index (χ1v) is 10.9. The highest BCUT2D eigenvalue weighted by Gasteiger charge is 2.10. The van der Waals surface area contributed by atoms with E-state index in [-0.39, 0.29) is 0 Å². The van der Waals surface area contributed by atoms with Crippen LogP contribution < -0.4 is 20.9 Å². The Hall–Kier alpha value is -4.44. The molecule has 3 rings (SSSR count). The van der Waals surface area contributed by atoms with E-state index in [1.807, 2.05) is 30.3 Å². The van der Waals surface area contributed by atoms with Crippen LogP contribution in [0.1, 0.15) is 29.5 Å². The number of hydrogen-bond donors (Lipinski definition) is 3. The summed E-state index contributed by atoms with van der Waals surface area (Å²) in [5.74, 6) is 0.446. The lowest BCUT2D eigenvalue weighted by molar-refractivity contribution is -0.132. The maximum atomic E-state index is 11.7. The monoisotopic (exact) mass is 457 g/mol. The number of ether oxygens (including phenoxy) is 2. The number of nitrogens with zero attached hydrogens (tertiary/aromatic N) is 1. The van der Waals surface area contributed by atoms with E-state index >= 15 is 0 Å². The van der Waals surface area contributed by atoms with Gasteiger partial charge in [0.15, 0.2) is 0 Å². The molecule has 0 heterocycles. The number of aryl methyl sites for hydroxylation is 1. The van der Waals surface area contributed by atoms with E-state index < -0.39 is 5.97 Å². The number of carbonyl (C=O) groups is 1. The first-order chi connectivity index (χ1) is 16.4. The van der Waals surface area contributed by atoms with Gasteiger partial charge in [-0.3, -0.25) is 0 Å². The number of rotatable bonds is 11. The minimum absolute atomic E-state index is 0.296. The summed E-state index contributed by atoms with van der Waals surface area (Å²) < 4.78 is 11.4. The number of aliphatic carboxylic acids is 1. The molecule has 0 amide bonds. The zero-order chi connectivity index (χ0) is 24.3. The fourth-order valence-electron chi connectivity index (χ4n) is 3.28. The average molecular weight is 458 g/mol. The first-order valence-electron chi connectivity index (χ1n) is 10.9. The predicted octanol–water partition coefficient (Wildman–Crippen LogP) is 4.67. The van der Waals surface area contributed by atoms with E-state index in [2.05, 4.69) is 6.07 Å². The maximum absolute atomic E-state index is 11.7. The van der Waals surface area contributed by atoms with Gasteiger partial charge < -0.3 is 26.0 Å². The molecule has 0 unspecified atom stereocenters. The van der Waals surface area contributed by atoms with Gasteiger partial charge in [-0.15, -0.1) is 0 Å². The summed E-state index contributed by atoms with van der Waals surface area (Å²) in [6.45, 7) is 0.974. The Kier molecular flexibility index (Phi) is 8.53. The van der Waals surface area contributed by atoms with Crippen molar-refractivity contribution < 1.29 is 19.4 Å². The molecule has 0 atom stereocenters. The zero-order valence-electron chi connectivity index (χ0n) is 18.7. The van der Waals surface area contributed by atoms with E-state index in [1.165, 1.54) is 0 Å². The van der Waals surface area contributed by atoms with Gasteiger partial charge in [0, 0.05) is 23.4 Å². The molecule has 0 saturated heterocycles. The van der Waals surface area contributed by atoms with Crippen LogP contribution in [0.4, 0.5) is 11.4 Å². The van der Waals surface area contributed by atoms with Gasteiger partial charge in [-0.25, -0.2) is 4.79 Å². The average Bonchev–Trinajstić information content (AvgIpc) is 2.83. The van der Waals surface area contributed by atoms with Crippen molar-refractivity contribution in [1.82, 2.24) is 0 Å². The molecule has 7 nitrogen and oxygen atoms in total. The second kappa shape index (κ2) is 12.0. The quantitative estimate of drug-likeness (QED) is 0.216. The molecule has 0 radical (unpaired) electrons. The highest BCUT2D eigenvalue weighted by atomic mass is 16.5. The standard InChI is InChI=1S/C27H27N3O4/c28-18-20-4-12-25(13-5-20)34-15-1-14-33-24-10-2-19(3-11-24)16-22(27(31)32)7-6-21-8-9-23(29)17-26(21)30/h2-5,8-13,16-17H,1,6-7,14-15,29-30H2,(H,31,32)/b22-16+. The summed E-state index contributed by atoms with van der Waals surface area (Å²) in [7, 11) is 0. The fourth-order valence-corrected chi connectivity index (χ4v) is 3.28. The number of carboxylic acid groups (broad SMARTS) is 1. The van der Waals surface area contributed by atoms with Crippen molar-refractivity contribution in [2.45, 2.75) is 19.3 Å². The molecule has 0 bridgehead atoms. The molecule has 0 saturated carbocycles. The molecule has 0 aliphatic heterocycles. The van der Waals surface area contributed by atoms with Gasteiger partial charge in [0.25, 0.3) is 0 Å². The van der Waals surface area contributed by atoms with Crippen LogP contribution >= 0.6 is 0 Å². The van der Waals surface area contributed by atoms with Crippen molar-refractivity contribution in [3.63, 3.8) is 0 Å². The normalized spacial score (nSPS) is 11.0. The van der Waals surface area contributed by atoms with Crippen molar-refractivity contribution in [3.05, 3.63) is 89.0 Å². The summed E-state index contributed by atoms with van der Waals surface area (Å²) in [5.41, 5.74) is 15.4. The van der Waals surface area contributed by atoms with Crippen LogP contribution in [0.25, 0.3) is 6.08 Å². The number of nitrogen functional groups attached to an aromatic ring is 2. The van der Waals surface area contributed by atoms with Crippen LogP contribution in [0.3, 0.4) is 0 Å². The lowest BCUT2D eigenvalue weighted by Crippen LogP contribution is -2.05. The molecule has 0 aliphatic carbocycles. The summed E-state index contributed by atoms with van der Waals surface area (Å²) in [6, 6.07) is 21.6. The summed E-state index contributed by atoms with van der Waals surface area (Å²) in [6.07, 6.45) is 3.21. The third-order valence-electron chi connectivity index (χ3n) is 5.14. The van der Waals surface area contributed by atoms with Gasteiger partial charge >= 0.3 is 5.97 Å². The molecule has 0 aliphatic rings. The van der Waals surface area contributed by atoms with Crippen molar-refractivity contribution in [3.8, 4) is 17.6 Å². The van der Waals surface area contributed by atoms with E-state index in [1.54, 1.807) is 42.5 Å². The number of nitrogens with two attached hydrogens (primary N) is 2. The Bertz CT molecular complexity index is 1180. The first kappa shape index (κ1) is 24.2. The molecule has 3 aromatic rings.